The molecule has 1 aliphatic rings. The highest BCUT2D eigenvalue weighted by molar-refractivity contribution is 5.72. The Morgan fingerprint density at radius 1 is 1.42 bits per heavy atom. The van der Waals surface area contributed by atoms with Gasteiger partial charge in [-0.25, -0.2) is 10.1 Å². The van der Waals surface area contributed by atoms with Crippen LogP contribution in [0.2, 0.25) is 0 Å². The smallest absolute Gasteiger partial charge is 0.292 e. The van der Waals surface area contributed by atoms with E-state index in [1.807, 2.05) is 0 Å². The van der Waals surface area contributed by atoms with Gasteiger partial charge in [0.05, 0.1) is 24.6 Å². The van der Waals surface area contributed by atoms with E-state index in [4.69, 9.17) is 9.84 Å². The number of aromatic amines is 1. The monoisotopic (exact) mass is 268 g/mol. The summed E-state index contributed by atoms with van der Waals surface area (Å²) in [5.74, 6) is 0. The largest absolute Gasteiger partial charge is 0.394 e. The zero-order valence-electron chi connectivity index (χ0n) is 9.67. The zero-order valence-corrected chi connectivity index (χ0v) is 9.67. The first-order chi connectivity index (χ1) is 9.13. The number of hydrogen-bond donors (Lipinski definition) is 4. The second-order valence-corrected chi connectivity index (χ2v) is 4.31. The maximum Gasteiger partial charge on any atom is 0.292 e. The molecule has 4 atom stereocenters. The molecule has 0 radical (unpaired) electrons. The number of H-pyrrole nitrogens is 1. The van der Waals surface area contributed by atoms with Gasteiger partial charge in [0.15, 0.2) is 11.7 Å². The fraction of sp³-hybridized carbons (Fsp3) is 0.500. The number of nitrogens with zero attached hydrogens (tertiary/aromatic N) is 3. The quantitative estimate of drug-likeness (QED) is 0.482. The summed E-state index contributed by atoms with van der Waals surface area (Å²) in [5.41, 5.74) is 0.0781. The predicted molar refractivity (Wildman–Crippen MR) is 61.2 cm³/mol. The second-order valence-electron chi connectivity index (χ2n) is 4.31. The molecule has 102 valence electrons. The number of imidazole rings is 1. The standard InChI is InChI=1S/C10H12N4O5/c15-2-5-7(16)8(17)10(19-5)14-3-11-6-4(14)1-12-13-9(6)18/h1,3,5,7-8,10,15-17H,2H2,(H,13,18)/t5-,7-,8-,10-/m1/s1. The van der Waals surface area contributed by atoms with Crippen molar-refractivity contribution in [2.24, 2.45) is 0 Å². The summed E-state index contributed by atoms with van der Waals surface area (Å²) < 4.78 is 6.76. The summed E-state index contributed by atoms with van der Waals surface area (Å²) in [4.78, 5) is 15.4. The maximum atomic E-state index is 11.5. The van der Waals surface area contributed by atoms with Gasteiger partial charge in [-0.2, -0.15) is 5.10 Å². The average Bonchev–Trinajstić information content (AvgIpc) is 2.94. The lowest BCUT2D eigenvalue weighted by Crippen LogP contribution is -2.33. The number of aliphatic hydroxyl groups is 3. The molecule has 4 N–H and O–H groups in total. The van der Waals surface area contributed by atoms with Gasteiger partial charge in [0.2, 0.25) is 0 Å². The fourth-order valence-corrected chi connectivity index (χ4v) is 2.19. The first kappa shape index (κ1) is 12.2. The number of aromatic nitrogens is 4. The Kier molecular flexibility index (Phi) is 2.82. The van der Waals surface area contributed by atoms with E-state index in [1.54, 1.807) is 0 Å². The van der Waals surface area contributed by atoms with E-state index in [1.165, 1.54) is 17.1 Å². The fourth-order valence-electron chi connectivity index (χ4n) is 2.19. The van der Waals surface area contributed by atoms with Gasteiger partial charge in [-0.15, -0.1) is 0 Å². The van der Waals surface area contributed by atoms with E-state index in [2.05, 4.69) is 15.2 Å². The average molecular weight is 268 g/mol. The Morgan fingerprint density at radius 2 is 2.21 bits per heavy atom. The molecular formula is C10H12N4O5. The molecule has 0 bridgehead atoms. The van der Waals surface area contributed by atoms with Gasteiger partial charge in [0, 0.05) is 0 Å². The van der Waals surface area contributed by atoms with Gasteiger partial charge in [-0.3, -0.25) is 9.36 Å². The van der Waals surface area contributed by atoms with Crippen LogP contribution >= 0.6 is 0 Å². The molecule has 19 heavy (non-hydrogen) atoms. The molecule has 9 nitrogen and oxygen atoms in total. The van der Waals surface area contributed by atoms with Crippen LogP contribution in [0.5, 0.6) is 0 Å². The van der Waals surface area contributed by atoms with Crippen LogP contribution in [-0.2, 0) is 4.74 Å². The van der Waals surface area contributed by atoms with Crippen molar-refractivity contribution < 1.29 is 20.1 Å². The molecule has 0 aliphatic carbocycles. The van der Waals surface area contributed by atoms with Gasteiger partial charge in [-0.1, -0.05) is 0 Å². The summed E-state index contributed by atoms with van der Waals surface area (Å²) in [5, 5.41) is 34.6. The SMILES string of the molecule is O=c1[nH]ncc2c1ncn2[C@@H]1O[C@H](CO)[C@@H](O)[C@H]1O. The molecule has 1 saturated heterocycles. The predicted octanol–water partition coefficient (Wildman–Crippen LogP) is -2.27. The molecule has 2 aromatic heterocycles. The Labute approximate surface area is 106 Å². The molecule has 3 heterocycles. The van der Waals surface area contributed by atoms with Gasteiger partial charge in [0.1, 0.15) is 18.3 Å². The van der Waals surface area contributed by atoms with Crippen LogP contribution in [0.4, 0.5) is 0 Å². The first-order valence-corrected chi connectivity index (χ1v) is 5.66. The Bertz CT molecular complexity index is 653. The van der Waals surface area contributed by atoms with Crippen molar-refractivity contribution in [3.8, 4) is 0 Å². The van der Waals surface area contributed by atoms with Crippen molar-refractivity contribution in [3.63, 3.8) is 0 Å². The van der Waals surface area contributed by atoms with Crippen LogP contribution in [0.3, 0.4) is 0 Å². The van der Waals surface area contributed by atoms with E-state index in [0.717, 1.165) is 0 Å². The highest BCUT2D eigenvalue weighted by Crippen LogP contribution is 2.30. The molecular weight excluding hydrogens is 256 g/mol. The highest BCUT2D eigenvalue weighted by Gasteiger charge is 2.43. The summed E-state index contributed by atoms with van der Waals surface area (Å²) >= 11 is 0. The number of ether oxygens (including phenoxy) is 1. The Morgan fingerprint density at radius 3 is 2.89 bits per heavy atom. The number of fused-ring (bicyclic) bond motifs is 1. The summed E-state index contributed by atoms with van der Waals surface area (Å²) in [6.07, 6.45) is -1.55. The van der Waals surface area contributed by atoms with Gasteiger partial charge in [-0.05, 0) is 0 Å². The maximum absolute atomic E-state index is 11.5. The van der Waals surface area contributed by atoms with Crippen molar-refractivity contribution in [1.82, 2.24) is 19.7 Å². The van der Waals surface area contributed by atoms with Gasteiger partial charge >= 0.3 is 0 Å². The van der Waals surface area contributed by atoms with Crippen LogP contribution in [0.25, 0.3) is 11.0 Å². The first-order valence-electron chi connectivity index (χ1n) is 5.66. The number of rotatable bonds is 2. The van der Waals surface area contributed by atoms with Crippen molar-refractivity contribution >= 4 is 11.0 Å². The zero-order chi connectivity index (χ0) is 13.6. The lowest BCUT2D eigenvalue weighted by Gasteiger charge is -2.16. The third-order valence-corrected chi connectivity index (χ3v) is 3.19. The normalized spacial score (nSPS) is 31.1. The van der Waals surface area contributed by atoms with Crippen LogP contribution in [0.15, 0.2) is 17.3 Å². The molecule has 3 rings (SSSR count). The summed E-state index contributed by atoms with van der Waals surface area (Å²) in [6, 6.07) is 0. The Hall–Kier alpha value is -1.81. The molecule has 0 aromatic carbocycles. The Balaban J connectivity index is 2.06. The minimum Gasteiger partial charge on any atom is -0.394 e. The van der Waals surface area contributed by atoms with Gasteiger partial charge < -0.3 is 20.1 Å². The minimum absolute atomic E-state index is 0.160. The highest BCUT2D eigenvalue weighted by atomic mass is 16.6. The molecule has 0 spiro atoms. The second kappa shape index (κ2) is 4.38. The molecule has 0 saturated carbocycles. The third kappa shape index (κ3) is 1.75. The molecule has 2 aromatic rings. The molecule has 1 aliphatic heterocycles. The van der Waals surface area contributed by atoms with Gasteiger partial charge in [0.25, 0.3) is 5.56 Å². The molecule has 0 unspecified atom stereocenters. The molecule has 0 amide bonds. The minimum atomic E-state index is -1.23. The van der Waals surface area contributed by atoms with Crippen molar-refractivity contribution in [1.29, 1.82) is 0 Å². The molecule has 9 heteroatoms. The lowest BCUT2D eigenvalue weighted by atomic mass is 10.1. The topological polar surface area (TPSA) is 133 Å². The van der Waals surface area contributed by atoms with E-state index < -0.39 is 36.7 Å². The van der Waals surface area contributed by atoms with E-state index in [9.17, 15) is 15.0 Å². The van der Waals surface area contributed by atoms with Crippen molar-refractivity contribution in [2.75, 3.05) is 6.61 Å². The van der Waals surface area contributed by atoms with Crippen LogP contribution in [0.1, 0.15) is 6.23 Å². The summed E-state index contributed by atoms with van der Waals surface area (Å²) in [6.45, 7) is -0.416. The number of hydrogen-bond acceptors (Lipinski definition) is 7. The van der Waals surface area contributed by atoms with Crippen LogP contribution in [-0.4, -0.2) is 60.0 Å². The number of nitrogens with one attached hydrogen (secondary N) is 1. The number of aliphatic hydroxyl groups excluding tert-OH is 3. The molecule has 1 fully saturated rings. The van der Waals surface area contributed by atoms with E-state index >= 15 is 0 Å². The summed E-state index contributed by atoms with van der Waals surface area (Å²) in [7, 11) is 0. The van der Waals surface area contributed by atoms with E-state index in [-0.39, 0.29) is 5.52 Å². The lowest BCUT2D eigenvalue weighted by molar-refractivity contribution is -0.0509. The third-order valence-electron chi connectivity index (χ3n) is 3.19. The van der Waals surface area contributed by atoms with Crippen LogP contribution in [0, 0.1) is 0 Å². The van der Waals surface area contributed by atoms with Crippen molar-refractivity contribution in [3.05, 3.63) is 22.9 Å². The van der Waals surface area contributed by atoms with E-state index in [0.29, 0.717) is 5.52 Å². The van der Waals surface area contributed by atoms with Crippen LogP contribution < -0.4 is 5.56 Å². The van der Waals surface area contributed by atoms with Crippen molar-refractivity contribution in [2.45, 2.75) is 24.5 Å².